The van der Waals surface area contributed by atoms with Gasteiger partial charge in [0.25, 0.3) is 0 Å². The summed E-state index contributed by atoms with van der Waals surface area (Å²) < 4.78 is 0. The van der Waals surface area contributed by atoms with Gasteiger partial charge in [-0.3, -0.25) is 4.99 Å². The molecule has 2 N–H and O–H groups in total. The van der Waals surface area contributed by atoms with Gasteiger partial charge in [-0.1, -0.05) is 30.7 Å². The number of aliphatic imine (C=N–C) groups is 1. The summed E-state index contributed by atoms with van der Waals surface area (Å²) in [6, 6.07) is 7.88. The third kappa shape index (κ3) is 7.27. The van der Waals surface area contributed by atoms with Crippen molar-refractivity contribution < 1.29 is 0 Å². The molecule has 0 radical (unpaired) electrons. The SMILES string of the molecule is CCCN1CCC(CNC(=NC)NCc2ccc(Cl)cc2)C1.I. The van der Waals surface area contributed by atoms with Crippen LogP contribution in [0.25, 0.3) is 0 Å². The fraction of sp³-hybridized carbons (Fsp3) is 0.588. The summed E-state index contributed by atoms with van der Waals surface area (Å²) >= 11 is 5.90. The van der Waals surface area contributed by atoms with Crippen molar-refractivity contribution in [1.29, 1.82) is 0 Å². The topological polar surface area (TPSA) is 39.7 Å². The van der Waals surface area contributed by atoms with Crippen molar-refractivity contribution >= 4 is 41.5 Å². The van der Waals surface area contributed by atoms with Crippen LogP contribution in [0.1, 0.15) is 25.3 Å². The van der Waals surface area contributed by atoms with Crippen LogP contribution in [0.15, 0.2) is 29.3 Å². The zero-order chi connectivity index (χ0) is 15.8. The van der Waals surface area contributed by atoms with Crippen LogP contribution < -0.4 is 10.6 Å². The van der Waals surface area contributed by atoms with Crippen molar-refractivity contribution in [1.82, 2.24) is 15.5 Å². The van der Waals surface area contributed by atoms with Crippen LogP contribution in [0.5, 0.6) is 0 Å². The van der Waals surface area contributed by atoms with E-state index in [2.05, 4.69) is 27.4 Å². The maximum atomic E-state index is 5.90. The van der Waals surface area contributed by atoms with Gasteiger partial charge in [0.2, 0.25) is 0 Å². The van der Waals surface area contributed by atoms with Crippen LogP contribution in [0.4, 0.5) is 0 Å². The van der Waals surface area contributed by atoms with Crippen molar-refractivity contribution in [3.8, 4) is 0 Å². The largest absolute Gasteiger partial charge is 0.356 e. The molecular weight excluding hydrogens is 423 g/mol. The number of benzene rings is 1. The Balaban J connectivity index is 0.00000264. The van der Waals surface area contributed by atoms with Crippen LogP contribution >= 0.6 is 35.6 Å². The first-order valence-corrected chi connectivity index (χ1v) is 8.50. The number of nitrogens with zero attached hydrogens (tertiary/aromatic N) is 2. The maximum Gasteiger partial charge on any atom is 0.191 e. The molecule has 1 atom stereocenters. The molecule has 1 aliphatic heterocycles. The van der Waals surface area contributed by atoms with Gasteiger partial charge in [0.05, 0.1) is 0 Å². The minimum atomic E-state index is 0. The van der Waals surface area contributed by atoms with Gasteiger partial charge in [0.15, 0.2) is 5.96 Å². The molecule has 1 fully saturated rings. The van der Waals surface area contributed by atoms with E-state index in [1.165, 1.54) is 38.0 Å². The Morgan fingerprint density at radius 1 is 1.30 bits per heavy atom. The molecule has 0 aliphatic carbocycles. The summed E-state index contributed by atoms with van der Waals surface area (Å²) in [5.74, 6) is 1.59. The minimum Gasteiger partial charge on any atom is -0.356 e. The smallest absolute Gasteiger partial charge is 0.191 e. The maximum absolute atomic E-state index is 5.90. The van der Waals surface area contributed by atoms with Crippen molar-refractivity contribution in [3.63, 3.8) is 0 Å². The predicted molar refractivity (Wildman–Crippen MR) is 110 cm³/mol. The van der Waals surface area contributed by atoms with E-state index in [4.69, 9.17) is 11.6 Å². The molecule has 1 aliphatic rings. The summed E-state index contributed by atoms with van der Waals surface area (Å²) in [6.07, 6.45) is 2.52. The van der Waals surface area contributed by atoms with Crippen LogP contribution in [0, 0.1) is 5.92 Å². The van der Waals surface area contributed by atoms with E-state index in [1.54, 1.807) is 0 Å². The first kappa shape index (κ1) is 20.5. The lowest BCUT2D eigenvalue weighted by Gasteiger charge is -2.17. The Morgan fingerprint density at radius 2 is 2.04 bits per heavy atom. The first-order valence-electron chi connectivity index (χ1n) is 8.12. The second kappa shape index (κ2) is 11.1. The van der Waals surface area contributed by atoms with Gasteiger partial charge in [0, 0.05) is 31.7 Å². The number of hydrogen-bond donors (Lipinski definition) is 2. The molecule has 4 nitrogen and oxygen atoms in total. The summed E-state index contributed by atoms with van der Waals surface area (Å²) in [4.78, 5) is 6.84. The first-order chi connectivity index (χ1) is 10.7. The second-order valence-electron chi connectivity index (χ2n) is 5.89. The molecule has 6 heteroatoms. The third-order valence-electron chi connectivity index (χ3n) is 4.06. The average Bonchev–Trinajstić information content (AvgIpc) is 2.97. The van der Waals surface area contributed by atoms with Crippen molar-refractivity contribution in [2.45, 2.75) is 26.3 Å². The summed E-state index contributed by atoms with van der Waals surface area (Å²) in [7, 11) is 1.81. The molecule has 0 bridgehead atoms. The molecule has 1 saturated heterocycles. The Bertz CT molecular complexity index is 478. The van der Waals surface area contributed by atoms with Crippen molar-refractivity contribution in [3.05, 3.63) is 34.9 Å². The van der Waals surface area contributed by atoms with Crippen LogP contribution in [-0.2, 0) is 6.54 Å². The van der Waals surface area contributed by atoms with Crippen LogP contribution in [-0.4, -0.2) is 44.1 Å². The van der Waals surface area contributed by atoms with Crippen LogP contribution in [0.2, 0.25) is 5.02 Å². The summed E-state index contributed by atoms with van der Waals surface area (Å²) in [6.45, 7) is 7.64. The standard InChI is InChI=1S/C17H27ClN4.HI/c1-3-9-22-10-8-15(13-22)12-21-17(19-2)20-11-14-4-6-16(18)7-5-14;/h4-7,15H,3,8-13H2,1-2H3,(H2,19,20,21);1H. The number of likely N-dealkylation sites (tertiary alicyclic amines) is 1. The lowest BCUT2D eigenvalue weighted by atomic mass is 10.1. The average molecular weight is 451 g/mol. The Morgan fingerprint density at radius 3 is 2.70 bits per heavy atom. The fourth-order valence-corrected chi connectivity index (χ4v) is 2.97. The van der Waals surface area contributed by atoms with E-state index in [0.29, 0.717) is 0 Å². The molecule has 1 unspecified atom stereocenters. The van der Waals surface area contributed by atoms with E-state index < -0.39 is 0 Å². The lowest BCUT2D eigenvalue weighted by Crippen LogP contribution is -2.39. The molecule has 0 spiro atoms. The lowest BCUT2D eigenvalue weighted by molar-refractivity contribution is 0.324. The van der Waals surface area contributed by atoms with Crippen molar-refractivity contribution in [2.75, 3.05) is 33.2 Å². The number of rotatable bonds is 6. The van der Waals surface area contributed by atoms with Gasteiger partial charge < -0.3 is 15.5 Å². The Kier molecular flexibility index (Phi) is 9.90. The summed E-state index contributed by atoms with van der Waals surface area (Å²) in [5, 5.41) is 7.56. The normalized spacial score (nSPS) is 18.6. The van der Waals surface area contributed by atoms with Crippen molar-refractivity contribution in [2.24, 2.45) is 10.9 Å². The number of nitrogens with one attached hydrogen (secondary N) is 2. The van der Waals surface area contributed by atoms with Gasteiger partial charge in [-0.2, -0.15) is 0 Å². The van der Waals surface area contributed by atoms with E-state index in [9.17, 15) is 0 Å². The highest BCUT2D eigenvalue weighted by atomic mass is 127. The number of hydrogen-bond acceptors (Lipinski definition) is 2. The molecule has 23 heavy (non-hydrogen) atoms. The monoisotopic (exact) mass is 450 g/mol. The summed E-state index contributed by atoms with van der Waals surface area (Å²) in [5.41, 5.74) is 1.20. The highest BCUT2D eigenvalue weighted by Gasteiger charge is 2.21. The van der Waals surface area contributed by atoms with Gasteiger partial charge in [-0.15, -0.1) is 24.0 Å². The van der Waals surface area contributed by atoms with Gasteiger partial charge in [-0.25, -0.2) is 0 Å². The third-order valence-corrected chi connectivity index (χ3v) is 4.32. The molecule has 0 saturated carbocycles. The van der Waals surface area contributed by atoms with Crippen LogP contribution in [0.3, 0.4) is 0 Å². The molecule has 0 amide bonds. The highest BCUT2D eigenvalue weighted by molar-refractivity contribution is 14.0. The molecule has 2 rings (SSSR count). The molecular formula is C17H28ClIN4. The molecule has 1 aromatic carbocycles. The quantitative estimate of drug-likeness (QED) is 0.397. The van der Waals surface area contributed by atoms with Gasteiger partial charge in [-0.05, 0) is 49.5 Å². The predicted octanol–water partition coefficient (Wildman–Crippen LogP) is 3.35. The number of guanidine groups is 1. The zero-order valence-corrected chi connectivity index (χ0v) is 17.1. The second-order valence-corrected chi connectivity index (χ2v) is 6.32. The fourth-order valence-electron chi connectivity index (χ4n) is 2.85. The van der Waals surface area contributed by atoms with E-state index >= 15 is 0 Å². The molecule has 1 heterocycles. The Hall–Kier alpha value is -0.530. The van der Waals surface area contributed by atoms with E-state index in [0.717, 1.165) is 30.0 Å². The zero-order valence-electron chi connectivity index (χ0n) is 14.0. The minimum absolute atomic E-state index is 0. The van der Waals surface area contributed by atoms with Gasteiger partial charge in [0.1, 0.15) is 0 Å². The molecule has 1 aromatic rings. The molecule has 0 aromatic heterocycles. The Labute approximate surface area is 162 Å². The van der Waals surface area contributed by atoms with E-state index in [-0.39, 0.29) is 24.0 Å². The highest BCUT2D eigenvalue weighted by Crippen LogP contribution is 2.15. The number of halogens is 2. The van der Waals surface area contributed by atoms with Gasteiger partial charge >= 0.3 is 0 Å². The molecule has 130 valence electrons. The van der Waals surface area contributed by atoms with E-state index in [1.807, 2.05) is 31.3 Å².